The van der Waals surface area contributed by atoms with Crippen molar-refractivity contribution in [2.45, 2.75) is 27.2 Å². The van der Waals surface area contributed by atoms with E-state index >= 15 is 0 Å². The van der Waals surface area contributed by atoms with Crippen LogP contribution >= 0.6 is 0 Å². The van der Waals surface area contributed by atoms with E-state index in [0.29, 0.717) is 6.54 Å². The number of benzene rings is 1. The Hall–Kier alpha value is -1.61. The molecule has 0 atom stereocenters. The molecule has 1 aromatic carbocycles. The van der Waals surface area contributed by atoms with Crippen LogP contribution in [0, 0.1) is 20.8 Å². The van der Waals surface area contributed by atoms with Crippen molar-refractivity contribution in [3.63, 3.8) is 0 Å². The molecular formula is C14H19N3. The molecule has 0 fully saturated rings. The number of aromatic amines is 1. The van der Waals surface area contributed by atoms with E-state index in [0.717, 1.165) is 12.1 Å². The molecule has 2 rings (SSSR count). The Labute approximate surface area is 102 Å². The first kappa shape index (κ1) is 11.9. The van der Waals surface area contributed by atoms with Gasteiger partial charge in [-0.05, 0) is 62.1 Å². The van der Waals surface area contributed by atoms with Crippen molar-refractivity contribution < 1.29 is 0 Å². The largest absolute Gasteiger partial charge is 0.330 e. The molecule has 3 N–H and O–H groups in total. The van der Waals surface area contributed by atoms with Crippen molar-refractivity contribution in [1.82, 2.24) is 10.2 Å². The maximum absolute atomic E-state index is 5.62. The summed E-state index contributed by atoms with van der Waals surface area (Å²) in [5, 5.41) is 7.22. The molecule has 1 heterocycles. The van der Waals surface area contributed by atoms with Crippen molar-refractivity contribution in [3.05, 3.63) is 40.6 Å². The summed E-state index contributed by atoms with van der Waals surface area (Å²) >= 11 is 0. The summed E-state index contributed by atoms with van der Waals surface area (Å²) in [7, 11) is 0. The molecule has 2 aromatic rings. The van der Waals surface area contributed by atoms with E-state index in [2.05, 4.69) is 43.1 Å². The average molecular weight is 229 g/mol. The Morgan fingerprint density at radius 2 is 1.82 bits per heavy atom. The highest BCUT2D eigenvalue weighted by Gasteiger charge is 2.10. The zero-order valence-corrected chi connectivity index (χ0v) is 10.7. The van der Waals surface area contributed by atoms with Crippen molar-refractivity contribution in [1.29, 1.82) is 0 Å². The first-order valence-electron chi connectivity index (χ1n) is 5.94. The van der Waals surface area contributed by atoms with Gasteiger partial charge in [0, 0.05) is 5.56 Å². The number of rotatable bonds is 3. The van der Waals surface area contributed by atoms with E-state index in [-0.39, 0.29) is 0 Å². The first-order chi connectivity index (χ1) is 8.13. The highest BCUT2D eigenvalue weighted by Crippen LogP contribution is 2.27. The lowest BCUT2D eigenvalue weighted by Crippen LogP contribution is -2.03. The van der Waals surface area contributed by atoms with Crippen molar-refractivity contribution in [2.75, 3.05) is 6.54 Å². The highest BCUT2D eigenvalue weighted by atomic mass is 15.1. The third kappa shape index (κ3) is 2.24. The van der Waals surface area contributed by atoms with Crippen LogP contribution in [-0.4, -0.2) is 16.7 Å². The molecule has 0 saturated carbocycles. The van der Waals surface area contributed by atoms with Gasteiger partial charge in [0.15, 0.2) is 0 Å². The number of hydrogen-bond donors (Lipinski definition) is 2. The van der Waals surface area contributed by atoms with Crippen LogP contribution in [0.1, 0.15) is 22.3 Å². The highest BCUT2D eigenvalue weighted by molar-refractivity contribution is 5.68. The standard InChI is InChI=1S/C14H19N3/c1-9-6-11(3)13(7-10(9)2)14-12(4-5-15)8-16-17-14/h6-8H,4-5,15H2,1-3H3,(H,16,17). The second-order valence-corrected chi connectivity index (χ2v) is 4.56. The van der Waals surface area contributed by atoms with Gasteiger partial charge in [0.1, 0.15) is 0 Å². The predicted octanol–water partition coefficient (Wildman–Crippen LogP) is 2.50. The molecule has 17 heavy (non-hydrogen) atoms. The molecule has 0 spiro atoms. The minimum Gasteiger partial charge on any atom is -0.330 e. The fourth-order valence-corrected chi connectivity index (χ4v) is 2.12. The van der Waals surface area contributed by atoms with Crippen LogP contribution in [0.3, 0.4) is 0 Å². The molecule has 3 heteroatoms. The lowest BCUT2D eigenvalue weighted by Gasteiger charge is -2.10. The summed E-state index contributed by atoms with van der Waals surface area (Å²) in [5.41, 5.74) is 13.1. The summed E-state index contributed by atoms with van der Waals surface area (Å²) < 4.78 is 0. The van der Waals surface area contributed by atoms with Crippen molar-refractivity contribution in [2.24, 2.45) is 5.73 Å². The van der Waals surface area contributed by atoms with E-state index in [1.807, 2.05) is 6.20 Å². The van der Waals surface area contributed by atoms with Crippen LogP contribution in [0.2, 0.25) is 0 Å². The Morgan fingerprint density at radius 3 is 2.53 bits per heavy atom. The minimum atomic E-state index is 0.649. The number of nitrogens with two attached hydrogens (primary N) is 1. The third-order valence-corrected chi connectivity index (χ3v) is 3.24. The number of H-pyrrole nitrogens is 1. The molecule has 0 saturated heterocycles. The molecule has 0 radical (unpaired) electrons. The number of nitrogens with one attached hydrogen (secondary N) is 1. The molecule has 0 bridgehead atoms. The first-order valence-corrected chi connectivity index (χ1v) is 5.94. The summed E-state index contributed by atoms with van der Waals surface area (Å²) in [6.07, 6.45) is 2.73. The maximum atomic E-state index is 5.62. The molecule has 0 aliphatic carbocycles. The summed E-state index contributed by atoms with van der Waals surface area (Å²) in [6.45, 7) is 7.06. The molecule has 3 nitrogen and oxygen atoms in total. The number of nitrogens with zero attached hydrogens (tertiary/aromatic N) is 1. The predicted molar refractivity (Wildman–Crippen MR) is 71.0 cm³/mol. The van der Waals surface area contributed by atoms with Gasteiger partial charge in [-0.1, -0.05) is 6.07 Å². The zero-order chi connectivity index (χ0) is 12.4. The number of aryl methyl sites for hydroxylation is 3. The molecule has 0 unspecified atom stereocenters. The van der Waals surface area contributed by atoms with E-state index in [1.54, 1.807) is 0 Å². The topological polar surface area (TPSA) is 54.7 Å². The Balaban J connectivity index is 2.52. The molecule has 0 amide bonds. The van der Waals surface area contributed by atoms with Gasteiger partial charge in [-0.2, -0.15) is 5.10 Å². The third-order valence-electron chi connectivity index (χ3n) is 3.24. The molecule has 90 valence electrons. The molecule has 0 aliphatic heterocycles. The van der Waals surface area contributed by atoms with Gasteiger partial charge in [-0.15, -0.1) is 0 Å². The zero-order valence-electron chi connectivity index (χ0n) is 10.7. The van der Waals surface area contributed by atoms with E-state index in [9.17, 15) is 0 Å². The smallest absolute Gasteiger partial charge is 0.0685 e. The van der Waals surface area contributed by atoms with Gasteiger partial charge in [0.05, 0.1) is 11.9 Å². The fourth-order valence-electron chi connectivity index (χ4n) is 2.12. The minimum absolute atomic E-state index is 0.649. The Bertz CT molecular complexity index is 526. The quantitative estimate of drug-likeness (QED) is 0.849. The van der Waals surface area contributed by atoms with Gasteiger partial charge >= 0.3 is 0 Å². The fraction of sp³-hybridized carbons (Fsp3) is 0.357. The van der Waals surface area contributed by atoms with Gasteiger partial charge in [-0.3, -0.25) is 5.10 Å². The summed E-state index contributed by atoms with van der Waals surface area (Å²) in [6, 6.07) is 4.44. The Kier molecular flexibility index (Phi) is 3.29. The second-order valence-electron chi connectivity index (χ2n) is 4.56. The van der Waals surface area contributed by atoms with Crippen LogP contribution in [0.4, 0.5) is 0 Å². The van der Waals surface area contributed by atoms with E-state index in [4.69, 9.17) is 5.73 Å². The van der Waals surface area contributed by atoms with Crippen LogP contribution in [0.5, 0.6) is 0 Å². The monoisotopic (exact) mass is 229 g/mol. The van der Waals surface area contributed by atoms with Gasteiger partial charge in [0.2, 0.25) is 0 Å². The van der Waals surface area contributed by atoms with E-state index in [1.165, 1.54) is 27.8 Å². The van der Waals surface area contributed by atoms with E-state index < -0.39 is 0 Å². The molecular weight excluding hydrogens is 210 g/mol. The van der Waals surface area contributed by atoms with Crippen LogP contribution in [-0.2, 0) is 6.42 Å². The van der Waals surface area contributed by atoms with Gasteiger partial charge < -0.3 is 5.73 Å². The average Bonchev–Trinajstić information content (AvgIpc) is 2.72. The van der Waals surface area contributed by atoms with Crippen molar-refractivity contribution in [3.8, 4) is 11.3 Å². The SMILES string of the molecule is Cc1cc(C)c(-c2[nH]ncc2CCN)cc1C. The number of aromatic nitrogens is 2. The van der Waals surface area contributed by atoms with Crippen LogP contribution < -0.4 is 5.73 Å². The Morgan fingerprint density at radius 1 is 1.12 bits per heavy atom. The second kappa shape index (κ2) is 4.72. The maximum Gasteiger partial charge on any atom is 0.0685 e. The molecule has 0 aliphatic rings. The van der Waals surface area contributed by atoms with Gasteiger partial charge in [-0.25, -0.2) is 0 Å². The van der Waals surface area contributed by atoms with Crippen LogP contribution in [0.25, 0.3) is 11.3 Å². The lowest BCUT2D eigenvalue weighted by atomic mass is 9.96. The number of hydrogen-bond acceptors (Lipinski definition) is 2. The van der Waals surface area contributed by atoms with Crippen molar-refractivity contribution >= 4 is 0 Å². The lowest BCUT2D eigenvalue weighted by molar-refractivity contribution is 0.971. The van der Waals surface area contributed by atoms with Crippen LogP contribution in [0.15, 0.2) is 18.3 Å². The van der Waals surface area contributed by atoms with Gasteiger partial charge in [0.25, 0.3) is 0 Å². The normalized spacial score (nSPS) is 10.8. The summed E-state index contributed by atoms with van der Waals surface area (Å²) in [5.74, 6) is 0. The summed E-state index contributed by atoms with van der Waals surface area (Å²) in [4.78, 5) is 0. The molecule has 1 aromatic heterocycles.